The predicted octanol–water partition coefficient (Wildman–Crippen LogP) is 5.41. The smallest absolute Gasteiger partial charge is 0.408 e. The third-order valence-electron chi connectivity index (χ3n) is 4.78. The van der Waals surface area contributed by atoms with Gasteiger partial charge in [0.15, 0.2) is 0 Å². The minimum atomic E-state index is -0.808. The average molecular weight is 420 g/mol. The summed E-state index contributed by atoms with van der Waals surface area (Å²) in [5.41, 5.74) is 1.35. The fourth-order valence-electron chi connectivity index (χ4n) is 3.34. The van der Waals surface area contributed by atoms with E-state index in [9.17, 15) is 9.59 Å². The molecule has 0 saturated carbocycles. The summed E-state index contributed by atoms with van der Waals surface area (Å²) in [7, 11) is 0. The van der Waals surface area contributed by atoms with Crippen molar-refractivity contribution in [2.45, 2.75) is 51.9 Å². The second kappa shape index (κ2) is 10.1. The lowest BCUT2D eigenvalue weighted by Crippen LogP contribution is -2.44. The van der Waals surface area contributed by atoms with Gasteiger partial charge < -0.3 is 14.8 Å². The molecular formula is C26H29NO4. The molecule has 0 unspecified atom stereocenters. The Morgan fingerprint density at radius 1 is 0.903 bits per heavy atom. The van der Waals surface area contributed by atoms with Crippen molar-refractivity contribution in [2.24, 2.45) is 0 Å². The van der Waals surface area contributed by atoms with Crippen molar-refractivity contribution >= 4 is 22.8 Å². The summed E-state index contributed by atoms with van der Waals surface area (Å²) in [6, 6.07) is 22.9. The normalized spacial score (nSPS) is 12.2. The molecule has 162 valence electrons. The Hall–Kier alpha value is -3.34. The third-order valence-corrected chi connectivity index (χ3v) is 4.78. The zero-order chi connectivity index (χ0) is 22.3. The second-order valence-electron chi connectivity index (χ2n) is 8.47. The number of aryl methyl sites for hydroxylation is 1. The van der Waals surface area contributed by atoms with E-state index in [1.807, 2.05) is 54.6 Å². The lowest BCUT2D eigenvalue weighted by molar-refractivity contribution is -0.147. The van der Waals surface area contributed by atoms with Crippen molar-refractivity contribution in [1.82, 2.24) is 5.32 Å². The highest BCUT2D eigenvalue weighted by Crippen LogP contribution is 2.20. The molecule has 0 aliphatic heterocycles. The molecule has 0 bridgehead atoms. The fraction of sp³-hybridized carbons (Fsp3) is 0.308. The maximum Gasteiger partial charge on any atom is 0.408 e. The fourth-order valence-corrected chi connectivity index (χ4v) is 3.34. The van der Waals surface area contributed by atoms with Gasteiger partial charge in [0, 0.05) is 0 Å². The van der Waals surface area contributed by atoms with E-state index < -0.39 is 23.7 Å². The van der Waals surface area contributed by atoms with Crippen LogP contribution < -0.4 is 5.32 Å². The Morgan fingerprint density at radius 2 is 1.58 bits per heavy atom. The standard InChI is InChI=1S/C26H29NO4/c1-26(2,3)31-25(29)27-23(24(28)30-18-19-10-5-4-6-11-19)17-16-21-14-9-13-20-12-7-8-15-22(20)21/h4-15,23H,16-18H2,1-3H3,(H,27,29)/t23-/m0/s1. The highest BCUT2D eigenvalue weighted by Gasteiger charge is 2.25. The van der Waals surface area contributed by atoms with Crippen LogP contribution in [-0.2, 0) is 27.3 Å². The number of ether oxygens (including phenoxy) is 2. The molecule has 0 saturated heterocycles. The molecule has 0 spiro atoms. The largest absolute Gasteiger partial charge is 0.459 e. The molecule has 1 amide bonds. The summed E-state index contributed by atoms with van der Waals surface area (Å²) in [6.45, 7) is 5.50. The van der Waals surface area contributed by atoms with Crippen molar-refractivity contribution in [1.29, 1.82) is 0 Å². The number of benzene rings is 3. The number of carbonyl (C=O) groups is 2. The Morgan fingerprint density at radius 3 is 2.32 bits per heavy atom. The molecule has 1 atom stereocenters. The van der Waals surface area contributed by atoms with Gasteiger partial charge in [0.05, 0.1) is 0 Å². The van der Waals surface area contributed by atoms with Crippen LogP contribution in [0, 0.1) is 0 Å². The molecule has 3 aromatic rings. The van der Waals surface area contributed by atoms with Gasteiger partial charge in [0.25, 0.3) is 0 Å². The van der Waals surface area contributed by atoms with Gasteiger partial charge in [-0.2, -0.15) is 0 Å². The van der Waals surface area contributed by atoms with Crippen LogP contribution >= 0.6 is 0 Å². The number of fused-ring (bicyclic) bond motifs is 1. The van der Waals surface area contributed by atoms with Crippen LogP contribution in [0.3, 0.4) is 0 Å². The number of amides is 1. The quantitative estimate of drug-likeness (QED) is 0.520. The Kier molecular flexibility index (Phi) is 7.29. The van der Waals surface area contributed by atoms with Crippen LogP contribution in [0.15, 0.2) is 72.8 Å². The van der Waals surface area contributed by atoms with Crippen molar-refractivity contribution in [3.05, 3.63) is 83.9 Å². The van der Waals surface area contributed by atoms with Gasteiger partial charge in [0.2, 0.25) is 0 Å². The first-order chi connectivity index (χ1) is 14.8. The van der Waals surface area contributed by atoms with Crippen LogP contribution in [0.4, 0.5) is 4.79 Å². The predicted molar refractivity (Wildman–Crippen MR) is 122 cm³/mol. The third kappa shape index (κ3) is 6.85. The zero-order valence-corrected chi connectivity index (χ0v) is 18.3. The number of alkyl carbamates (subject to hydrolysis) is 1. The lowest BCUT2D eigenvalue weighted by Gasteiger charge is -2.23. The number of esters is 1. The zero-order valence-electron chi connectivity index (χ0n) is 18.3. The van der Waals surface area contributed by atoms with E-state index in [2.05, 4.69) is 23.5 Å². The van der Waals surface area contributed by atoms with Crippen LogP contribution in [0.5, 0.6) is 0 Å². The van der Waals surface area contributed by atoms with Crippen molar-refractivity contribution in [3.8, 4) is 0 Å². The van der Waals surface area contributed by atoms with Crippen LogP contribution in [0.25, 0.3) is 10.8 Å². The van der Waals surface area contributed by atoms with Crippen LogP contribution in [-0.4, -0.2) is 23.7 Å². The Balaban J connectivity index is 1.71. The first kappa shape index (κ1) is 22.3. The minimum Gasteiger partial charge on any atom is -0.459 e. The molecule has 5 nitrogen and oxygen atoms in total. The van der Waals surface area contributed by atoms with Gasteiger partial charge >= 0.3 is 12.1 Å². The van der Waals surface area contributed by atoms with Gasteiger partial charge in [0.1, 0.15) is 18.2 Å². The van der Waals surface area contributed by atoms with Crippen molar-refractivity contribution in [3.63, 3.8) is 0 Å². The molecule has 3 aromatic carbocycles. The number of hydrogen-bond donors (Lipinski definition) is 1. The van der Waals surface area contributed by atoms with Crippen LogP contribution in [0.2, 0.25) is 0 Å². The van der Waals surface area contributed by atoms with E-state index in [0.717, 1.165) is 21.9 Å². The molecule has 0 aromatic heterocycles. The topological polar surface area (TPSA) is 64.6 Å². The Labute approximate surface area is 183 Å². The number of rotatable bonds is 7. The van der Waals surface area contributed by atoms with Crippen molar-refractivity contribution in [2.75, 3.05) is 0 Å². The first-order valence-electron chi connectivity index (χ1n) is 10.5. The molecular weight excluding hydrogens is 390 g/mol. The van der Waals surface area contributed by atoms with E-state index in [1.165, 1.54) is 0 Å². The first-order valence-corrected chi connectivity index (χ1v) is 10.5. The van der Waals surface area contributed by atoms with E-state index in [1.54, 1.807) is 20.8 Å². The molecule has 3 rings (SSSR count). The Bertz CT molecular complexity index is 1020. The molecule has 0 radical (unpaired) electrons. The molecule has 0 aliphatic rings. The van der Waals surface area contributed by atoms with Gasteiger partial charge in [-0.15, -0.1) is 0 Å². The lowest BCUT2D eigenvalue weighted by atomic mass is 9.99. The van der Waals surface area contributed by atoms with Gasteiger partial charge in [-0.05, 0) is 55.5 Å². The van der Waals surface area contributed by atoms with E-state index in [4.69, 9.17) is 9.47 Å². The molecule has 5 heteroatoms. The van der Waals surface area contributed by atoms with Gasteiger partial charge in [-0.25, -0.2) is 9.59 Å². The summed E-state index contributed by atoms with van der Waals surface area (Å²) >= 11 is 0. The molecule has 0 heterocycles. The van der Waals surface area contributed by atoms with Gasteiger partial charge in [-0.3, -0.25) is 0 Å². The monoisotopic (exact) mass is 419 g/mol. The van der Waals surface area contributed by atoms with E-state index >= 15 is 0 Å². The second-order valence-corrected chi connectivity index (χ2v) is 8.47. The van der Waals surface area contributed by atoms with Crippen LogP contribution in [0.1, 0.15) is 38.3 Å². The molecule has 0 aliphatic carbocycles. The van der Waals surface area contributed by atoms with E-state index in [-0.39, 0.29) is 6.61 Å². The maximum atomic E-state index is 12.8. The summed E-state index contributed by atoms with van der Waals surface area (Å²) in [6.07, 6.45) is 0.385. The van der Waals surface area contributed by atoms with Gasteiger partial charge in [-0.1, -0.05) is 72.8 Å². The molecule has 31 heavy (non-hydrogen) atoms. The summed E-state index contributed by atoms with van der Waals surface area (Å²) in [5, 5.41) is 4.97. The number of nitrogens with one attached hydrogen (secondary N) is 1. The summed E-state index contributed by atoms with van der Waals surface area (Å²) in [5.74, 6) is -0.477. The summed E-state index contributed by atoms with van der Waals surface area (Å²) < 4.78 is 10.8. The highest BCUT2D eigenvalue weighted by atomic mass is 16.6. The molecule has 0 fully saturated rings. The highest BCUT2D eigenvalue weighted by molar-refractivity contribution is 5.86. The summed E-state index contributed by atoms with van der Waals surface area (Å²) in [4.78, 5) is 25.1. The maximum absolute atomic E-state index is 12.8. The number of hydrogen-bond acceptors (Lipinski definition) is 4. The number of carbonyl (C=O) groups excluding carboxylic acids is 2. The SMILES string of the molecule is CC(C)(C)OC(=O)N[C@@H](CCc1cccc2ccccc12)C(=O)OCc1ccccc1. The van der Waals surface area contributed by atoms with E-state index in [0.29, 0.717) is 12.8 Å². The minimum absolute atomic E-state index is 0.153. The van der Waals surface area contributed by atoms with Crippen molar-refractivity contribution < 1.29 is 19.1 Å². The average Bonchev–Trinajstić information content (AvgIpc) is 2.74. The molecule has 1 N–H and O–H groups in total.